The van der Waals surface area contributed by atoms with Crippen LogP contribution in [0, 0.1) is 5.92 Å². The number of methoxy groups -OCH3 is 1. The molecule has 1 aliphatic carbocycles. The van der Waals surface area contributed by atoms with Crippen molar-refractivity contribution in [2.75, 3.05) is 7.11 Å². The van der Waals surface area contributed by atoms with Gasteiger partial charge in [-0.3, -0.25) is 14.6 Å². The van der Waals surface area contributed by atoms with E-state index in [9.17, 15) is 9.59 Å². The number of ether oxygens (including phenoxy) is 1. The molecule has 29 heavy (non-hydrogen) atoms. The van der Waals surface area contributed by atoms with Gasteiger partial charge in [0, 0.05) is 34.3 Å². The van der Waals surface area contributed by atoms with E-state index in [1.54, 1.807) is 0 Å². The number of allylic oxidation sites excluding steroid dienone is 2. The zero-order chi connectivity index (χ0) is 20.5. The summed E-state index contributed by atoms with van der Waals surface area (Å²) in [4.78, 5) is 30.7. The van der Waals surface area contributed by atoms with Crippen LogP contribution < -0.4 is 0 Å². The van der Waals surface area contributed by atoms with Crippen LogP contribution in [0.15, 0.2) is 70.9 Å². The van der Waals surface area contributed by atoms with E-state index in [1.165, 1.54) is 7.11 Å². The second-order valence-corrected chi connectivity index (χ2v) is 8.02. The average molecular weight is 408 g/mol. The number of nitrogens with zero attached hydrogens (tertiary/aromatic N) is 1. The maximum absolute atomic E-state index is 13.3. The lowest BCUT2D eigenvalue weighted by atomic mass is 9.69. The third-order valence-corrected chi connectivity index (χ3v) is 6.10. The zero-order valence-electron chi connectivity index (χ0n) is 16.4. The van der Waals surface area contributed by atoms with E-state index in [0.29, 0.717) is 29.1 Å². The summed E-state index contributed by atoms with van der Waals surface area (Å²) in [5, 5.41) is 0.674. The van der Waals surface area contributed by atoms with E-state index in [2.05, 4.69) is 0 Å². The van der Waals surface area contributed by atoms with Crippen molar-refractivity contribution in [3.05, 3.63) is 82.0 Å². The number of rotatable bonds is 3. The van der Waals surface area contributed by atoms with Gasteiger partial charge >= 0.3 is 5.97 Å². The molecule has 148 valence electrons. The van der Waals surface area contributed by atoms with Gasteiger partial charge in [0.1, 0.15) is 5.92 Å². The fourth-order valence-corrected chi connectivity index (χ4v) is 4.61. The molecular formula is C24H22ClNO3. The highest BCUT2D eigenvalue weighted by Crippen LogP contribution is 2.46. The summed E-state index contributed by atoms with van der Waals surface area (Å²) in [6.07, 6.45) is 1.06. The van der Waals surface area contributed by atoms with Crippen molar-refractivity contribution < 1.29 is 14.3 Å². The molecule has 3 atom stereocenters. The third kappa shape index (κ3) is 3.65. The van der Waals surface area contributed by atoms with Gasteiger partial charge in [0.15, 0.2) is 5.78 Å². The Morgan fingerprint density at radius 1 is 1.03 bits per heavy atom. The molecule has 1 heterocycles. The summed E-state index contributed by atoms with van der Waals surface area (Å²) in [6.45, 7) is 1.84. The number of hydrogen-bond donors (Lipinski definition) is 0. The van der Waals surface area contributed by atoms with Crippen LogP contribution in [-0.2, 0) is 14.3 Å². The van der Waals surface area contributed by atoms with Gasteiger partial charge in [-0.05, 0) is 42.5 Å². The molecule has 0 bridgehead atoms. The van der Waals surface area contributed by atoms with Gasteiger partial charge in [0.05, 0.1) is 7.11 Å². The number of esters is 1. The number of carbonyl (C=O) groups is 2. The molecular weight excluding hydrogens is 386 g/mol. The molecule has 1 aliphatic heterocycles. The van der Waals surface area contributed by atoms with Gasteiger partial charge in [-0.15, -0.1) is 0 Å². The molecule has 0 saturated carbocycles. The fraction of sp³-hybridized carbons (Fsp3) is 0.292. The first-order valence-corrected chi connectivity index (χ1v) is 10.1. The Kier molecular flexibility index (Phi) is 5.37. The van der Waals surface area contributed by atoms with Gasteiger partial charge in [0.25, 0.3) is 0 Å². The summed E-state index contributed by atoms with van der Waals surface area (Å²) in [5.74, 6) is -1.21. The molecule has 2 aromatic carbocycles. The summed E-state index contributed by atoms with van der Waals surface area (Å²) in [7, 11) is 1.38. The Balaban J connectivity index is 1.79. The molecule has 2 aromatic rings. The van der Waals surface area contributed by atoms with E-state index in [1.807, 2.05) is 61.5 Å². The van der Waals surface area contributed by atoms with E-state index < -0.39 is 5.92 Å². The van der Waals surface area contributed by atoms with Gasteiger partial charge in [-0.25, -0.2) is 0 Å². The number of halogens is 1. The SMILES string of the molecule is COC(=O)C1C(C)=NC2=C(C(=O)C[C@H](c3ccc(Cl)cc3)C2)[C@H]1c1ccccc1. The monoisotopic (exact) mass is 407 g/mol. The van der Waals surface area contributed by atoms with Gasteiger partial charge < -0.3 is 4.74 Å². The topological polar surface area (TPSA) is 55.7 Å². The lowest BCUT2D eigenvalue weighted by Gasteiger charge is -2.36. The van der Waals surface area contributed by atoms with Crippen molar-refractivity contribution in [2.24, 2.45) is 10.9 Å². The molecule has 0 fully saturated rings. The Labute approximate surface area is 175 Å². The number of hydrogen-bond acceptors (Lipinski definition) is 4. The molecule has 1 unspecified atom stereocenters. The predicted octanol–water partition coefficient (Wildman–Crippen LogP) is 5.09. The molecule has 0 spiro atoms. The van der Waals surface area contributed by atoms with Crippen molar-refractivity contribution in [3.63, 3.8) is 0 Å². The second kappa shape index (κ2) is 7.96. The molecule has 0 radical (unpaired) electrons. The summed E-state index contributed by atoms with van der Waals surface area (Å²) < 4.78 is 5.06. The molecule has 0 aromatic heterocycles. The molecule has 2 aliphatic rings. The van der Waals surface area contributed by atoms with Crippen LogP contribution >= 0.6 is 11.6 Å². The first-order chi connectivity index (χ1) is 14.0. The lowest BCUT2D eigenvalue weighted by Crippen LogP contribution is -2.37. The van der Waals surface area contributed by atoms with Crippen molar-refractivity contribution in [1.82, 2.24) is 0 Å². The fourth-order valence-electron chi connectivity index (χ4n) is 4.48. The highest BCUT2D eigenvalue weighted by molar-refractivity contribution is 6.30. The Bertz CT molecular complexity index is 1010. The summed E-state index contributed by atoms with van der Waals surface area (Å²) in [6, 6.07) is 17.3. The van der Waals surface area contributed by atoms with Crippen molar-refractivity contribution in [1.29, 1.82) is 0 Å². The molecule has 4 rings (SSSR count). The van der Waals surface area contributed by atoms with Crippen LogP contribution in [0.25, 0.3) is 0 Å². The Morgan fingerprint density at radius 3 is 2.38 bits per heavy atom. The largest absolute Gasteiger partial charge is 0.468 e. The van der Waals surface area contributed by atoms with Gasteiger partial charge in [-0.2, -0.15) is 0 Å². The minimum absolute atomic E-state index is 0.0465. The standard InChI is InChI=1S/C24H22ClNO3/c1-14-21(24(28)29-2)22(16-6-4-3-5-7-16)23-19(26-14)12-17(13-20(23)27)15-8-10-18(25)11-9-15/h3-11,17,21-22H,12-13H2,1-2H3/t17-,21?,22+/m1/s1. The smallest absolute Gasteiger partial charge is 0.315 e. The number of aliphatic imine (C=N–C) groups is 1. The quantitative estimate of drug-likeness (QED) is 0.666. The molecule has 0 N–H and O–H groups in total. The first-order valence-electron chi connectivity index (χ1n) is 9.69. The molecule has 0 saturated heterocycles. The Hall–Kier alpha value is -2.72. The van der Waals surface area contributed by atoms with Gasteiger partial charge in [0.2, 0.25) is 0 Å². The van der Waals surface area contributed by atoms with Crippen LogP contribution in [0.3, 0.4) is 0 Å². The highest BCUT2D eigenvalue weighted by atomic mass is 35.5. The third-order valence-electron chi connectivity index (χ3n) is 5.84. The van der Waals surface area contributed by atoms with Crippen LogP contribution in [-0.4, -0.2) is 24.6 Å². The van der Waals surface area contributed by atoms with Gasteiger partial charge in [-0.1, -0.05) is 54.1 Å². The minimum atomic E-state index is -0.586. The highest BCUT2D eigenvalue weighted by Gasteiger charge is 2.44. The molecule has 4 nitrogen and oxygen atoms in total. The molecule has 5 heteroatoms. The van der Waals surface area contributed by atoms with Crippen LogP contribution in [0.4, 0.5) is 0 Å². The number of carbonyl (C=O) groups excluding carboxylic acids is 2. The molecule has 0 amide bonds. The Morgan fingerprint density at radius 2 is 1.72 bits per heavy atom. The van der Waals surface area contributed by atoms with E-state index in [-0.39, 0.29) is 23.6 Å². The first kappa shape index (κ1) is 19.6. The zero-order valence-corrected chi connectivity index (χ0v) is 17.1. The van der Waals surface area contributed by atoms with Crippen LogP contribution in [0.2, 0.25) is 5.02 Å². The minimum Gasteiger partial charge on any atom is -0.468 e. The normalized spacial score (nSPS) is 24.0. The number of ketones is 1. The van der Waals surface area contributed by atoms with E-state index in [4.69, 9.17) is 21.3 Å². The number of benzene rings is 2. The average Bonchev–Trinajstić information content (AvgIpc) is 2.73. The van der Waals surface area contributed by atoms with Crippen LogP contribution in [0.1, 0.15) is 42.7 Å². The lowest BCUT2D eigenvalue weighted by molar-refractivity contribution is -0.143. The maximum atomic E-state index is 13.3. The van der Waals surface area contributed by atoms with Crippen LogP contribution in [0.5, 0.6) is 0 Å². The van der Waals surface area contributed by atoms with E-state index >= 15 is 0 Å². The summed E-state index contributed by atoms with van der Waals surface area (Å²) in [5.41, 5.74) is 4.14. The second-order valence-electron chi connectivity index (χ2n) is 7.58. The van der Waals surface area contributed by atoms with Crippen molar-refractivity contribution in [3.8, 4) is 0 Å². The summed E-state index contributed by atoms with van der Waals surface area (Å²) >= 11 is 6.01. The van der Waals surface area contributed by atoms with Crippen molar-refractivity contribution >= 4 is 29.1 Å². The maximum Gasteiger partial charge on any atom is 0.315 e. The predicted molar refractivity (Wildman–Crippen MR) is 113 cm³/mol. The van der Waals surface area contributed by atoms with Crippen molar-refractivity contribution in [2.45, 2.75) is 31.6 Å². The van der Waals surface area contributed by atoms with E-state index in [0.717, 1.165) is 16.8 Å². The number of Topliss-reactive ketones (excluding diaryl/α,β-unsaturated/α-hetero) is 1.